The molecule has 0 aromatic heterocycles. The lowest BCUT2D eigenvalue weighted by molar-refractivity contribution is 1.06. The first-order chi connectivity index (χ1) is 21.8. The molecule has 188 valence electrons. The molecule has 44 heavy (non-hydrogen) atoms. The van der Waals surface area contributed by atoms with Crippen molar-refractivity contribution in [1.82, 2.24) is 0 Å². The van der Waals surface area contributed by atoms with E-state index >= 15 is 0 Å². The average molecular weight is 541 g/mol. The maximum atomic E-state index is 5.02. The van der Waals surface area contributed by atoms with Crippen LogP contribution in [0.2, 0.25) is 0 Å². The third-order valence-corrected chi connectivity index (χ3v) is 4.06. The van der Waals surface area contributed by atoms with Crippen LogP contribution in [0.1, 0.15) is 26.7 Å². The normalized spacial score (nSPS) is 7.64. The van der Waals surface area contributed by atoms with Gasteiger partial charge in [0.25, 0.3) is 0 Å². The van der Waals surface area contributed by atoms with E-state index in [4.69, 9.17) is 12.8 Å². The quantitative estimate of drug-likeness (QED) is 0.415. The second-order valence-electron chi connectivity index (χ2n) is 6.81. The number of allylic oxidation sites excluding steroid dienone is 4. The molecule has 0 amide bonds. The van der Waals surface area contributed by atoms with Gasteiger partial charge >= 0.3 is 0 Å². The second kappa shape index (κ2) is 24.9. The molecule has 1 aliphatic rings. The molecule has 0 aromatic rings. The van der Waals surface area contributed by atoms with Crippen LogP contribution in [0, 0.1) is 214 Å². The Bertz CT molecular complexity index is 2430. The summed E-state index contributed by atoms with van der Waals surface area (Å²) in [6.45, 7) is 3.41. The van der Waals surface area contributed by atoms with E-state index < -0.39 is 0 Å². The van der Waals surface area contributed by atoms with Crippen molar-refractivity contribution < 1.29 is 0 Å². The Balaban J connectivity index is 3.42. The van der Waals surface area contributed by atoms with E-state index in [0.29, 0.717) is 12.8 Å². The zero-order valence-corrected chi connectivity index (χ0v) is 23.6. The van der Waals surface area contributed by atoms with E-state index in [1.165, 1.54) is 0 Å². The highest BCUT2D eigenvalue weighted by atomic mass is 14.2. The molecule has 0 aromatic carbocycles. The molecular formula is C44H12. The summed E-state index contributed by atoms with van der Waals surface area (Å²) >= 11 is 0. The predicted molar refractivity (Wildman–Crippen MR) is 177 cm³/mol. The van der Waals surface area contributed by atoms with E-state index in [-0.39, 0.29) is 0 Å². The lowest BCUT2D eigenvalue weighted by Crippen LogP contribution is -2.03. The van der Waals surface area contributed by atoms with E-state index in [2.05, 4.69) is 201 Å². The van der Waals surface area contributed by atoms with Crippen LogP contribution in [-0.4, -0.2) is 0 Å². The average Bonchev–Trinajstić information content (AvgIpc) is 3.03. The molecule has 0 saturated carbocycles. The molecule has 0 heterocycles. The fraction of sp³-hybridized carbons (Fsp3) is 0.0909. The van der Waals surface area contributed by atoms with E-state index in [0.717, 1.165) is 22.3 Å². The maximum Gasteiger partial charge on any atom is 0.0201 e. The Labute approximate surface area is 262 Å². The molecule has 0 heteroatoms. The lowest BCUT2D eigenvalue weighted by Gasteiger charge is -2.14. The van der Waals surface area contributed by atoms with Gasteiger partial charge in [0, 0.05) is 35.1 Å². The Kier molecular flexibility index (Phi) is 19.0. The molecule has 0 saturated heterocycles. The standard InChI is InChI=1S/C44H12/c1-5-9-13-16-18-20-22-23-25-27-30-33-37-42-40-44(38-34-29-26-24-21-19-17-14-10-6-2)43(36-32-28-15-11-7-3)39-41(42)35-31-12-8-4/h1-2H,39-40H2,3-4H3. The molecule has 0 spiro atoms. The molecule has 0 unspecified atom stereocenters. The van der Waals surface area contributed by atoms with Crippen LogP contribution in [0.15, 0.2) is 22.3 Å². The van der Waals surface area contributed by atoms with Crippen molar-refractivity contribution >= 4 is 0 Å². The van der Waals surface area contributed by atoms with Gasteiger partial charge < -0.3 is 0 Å². The van der Waals surface area contributed by atoms with Crippen molar-refractivity contribution in [2.24, 2.45) is 0 Å². The zero-order chi connectivity index (χ0) is 31.8. The highest BCUT2D eigenvalue weighted by molar-refractivity contribution is 5.61. The largest absolute Gasteiger partial charge is 0.106 e. The van der Waals surface area contributed by atoms with Crippen LogP contribution < -0.4 is 0 Å². The summed E-state index contributed by atoms with van der Waals surface area (Å²) in [5.74, 6) is 89.5. The SMILES string of the molecule is C#CC#CC#CC#CC#CC#CC#CC1=C(C#CC#CC)CC(C#CC#CC#CC)=C(C#CC#CC#CC#CC#CC#C)C1. The summed E-state index contributed by atoms with van der Waals surface area (Å²) in [5, 5.41) is 0. The molecule has 0 aliphatic heterocycles. The minimum atomic E-state index is 0.364. The highest BCUT2D eigenvalue weighted by Crippen LogP contribution is 2.29. The molecule has 0 N–H and O–H groups in total. The van der Waals surface area contributed by atoms with Crippen LogP contribution in [0.3, 0.4) is 0 Å². The summed E-state index contributed by atoms with van der Waals surface area (Å²) in [6.07, 6.45) is 10.8. The molecule has 1 aliphatic carbocycles. The van der Waals surface area contributed by atoms with Crippen LogP contribution in [0.4, 0.5) is 0 Å². The van der Waals surface area contributed by atoms with Gasteiger partial charge in [-0.1, -0.05) is 35.5 Å². The first-order valence-corrected chi connectivity index (χ1v) is 12.0. The molecule has 1 rings (SSSR count). The fourth-order valence-electron chi connectivity index (χ4n) is 2.45. The monoisotopic (exact) mass is 540 g/mol. The van der Waals surface area contributed by atoms with E-state index in [1.54, 1.807) is 13.8 Å². The third kappa shape index (κ3) is 17.1. The molecule has 0 fully saturated rings. The lowest BCUT2D eigenvalue weighted by atomic mass is 9.86. The number of terminal acetylenes is 2. The molecule has 0 nitrogen and oxygen atoms in total. The van der Waals surface area contributed by atoms with Crippen molar-refractivity contribution in [3.63, 3.8) is 0 Å². The first-order valence-electron chi connectivity index (χ1n) is 12.0. The maximum absolute atomic E-state index is 5.02. The van der Waals surface area contributed by atoms with Crippen LogP contribution >= 0.6 is 0 Å². The van der Waals surface area contributed by atoms with Gasteiger partial charge in [0.1, 0.15) is 0 Å². The first kappa shape index (κ1) is 33.6. The summed E-state index contributed by atoms with van der Waals surface area (Å²) in [5.41, 5.74) is 2.95. The van der Waals surface area contributed by atoms with Crippen LogP contribution in [0.5, 0.6) is 0 Å². The van der Waals surface area contributed by atoms with Gasteiger partial charge in [0.15, 0.2) is 0 Å². The van der Waals surface area contributed by atoms with Gasteiger partial charge in [-0.05, 0) is 180 Å². The van der Waals surface area contributed by atoms with E-state index in [1.807, 2.05) is 0 Å². The van der Waals surface area contributed by atoms with Gasteiger partial charge in [-0.15, -0.1) is 12.8 Å². The molecular weight excluding hydrogens is 528 g/mol. The number of hydrogen-bond acceptors (Lipinski definition) is 0. The van der Waals surface area contributed by atoms with Crippen LogP contribution in [0.25, 0.3) is 0 Å². The Hall–Kier alpha value is -8.44. The zero-order valence-electron chi connectivity index (χ0n) is 23.6. The Morgan fingerprint density at radius 1 is 0.295 bits per heavy atom. The van der Waals surface area contributed by atoms with Gasteiger partial charge in [0.2, 0.25) is 0 Å². The fourth-order valence-corrected chi connectivity index (χ4v) is 2.45. The second-order valence-corrected chi connectivity index (χ2v) is 6.81. The van der Waals surface area contributed by atoms with Crippen molar-refractivity contribution in [1.29, 1.82) is 0 Å². The van der Waals surface area contributed by atoms with Crippen molar-refractivity contribution in [3.8, 4) is 214 Å². The smallest absolute Gasteiger partial charge is 0.0201 e. The molecule has 0 radical (unpaired) electrons. The van der Waals surface area contributed by atoms with Crippen molar-refractivity contribution in [2.75, 3.05) is 0 Å². The van der Waals surface area contributed by atoms with Gasteiger partial charge in [-0.3, -0.25) is 0 Å². The molecule has 0 bridgehead atoms. The Morgan fingerprint density at radius 3 is 0.773 bits per heavy atom. The Morgan fingerprint density at radius 2 is 0.500 bits per heavy atom. The molecule has 0 atom stereocenters. The summed E-state index contributed by atoms with van der Waals surface area (Å²) in [4.78, 5) is 0. The van der Waals surface area contributed by atoms with Gasteiger partial charge in [-0.25, -0.2) is 0 Å². The third-order valence-electron chi connectivity index (χ3n) is 4.06. The predicted octanol–water partition coefficient (Wildman–Crippen LogP) is 2.73. The summed E-state index contributed by atoms with van der Waals surface area (Å²) in [7, 11) is 0. The van der Waals surface area contributed by atoms with Crippen molar-refractivity contribution in [3.05, 3.63) is 22.3 Å². The topological polar surface area (TPSA) is 0 Å². The highest BCUT2D eigenvalue weighted by Gasteiger charge is 2.17. The summed E-state index contributed by atoms with van der Waals surface area (Å²) < 4.78 is 0. The minimum Gasteiger partial charge on any atom is -0.106 e. The summed E-state index contributed by atoms with van der Waals surface area (Å²) in [6, 6.07) is 0. The van der Waals surface area contributed by atoms with Gasteiger partial charge in [-0.2, -0.15) is 0 Å². The van der Waals surface area contributed by atoms with E-state index in [9.17, 15) is 0 Å². The number of rotatable bonds is 0. The number of hydrogen-bond donors (Lipinski definition) is 0. The van der Waals surface area contributed by atoms with Crippen LogP contribution in [-0.2, 0) is 0 Å². The van der Waals surface area contributed by atoms with Crippen molar-refractivity contribution in [2.45, 2.75) is 26.7 Å². The minimum absolute atomic E-state index is 0.364. The van der Waals surface area contributed by atoms with Gasteiger partial charge in [0.05, 0.1) is 0 Å².